The zero-order valence-electron chi connectivity index (χ0n) is 10.8. The van der Waals surface area contributed by atoms with Crippen molar-refractivity contribution in [2.24, 2.45) is 0 Å². The van der Waals surface area contributed by atoms with Gasteiger partial charge in [0.25, 0.3) is 0 Å². The van der Waals surface area contributed by atoms with E-state index in [-0.39, 0.29) is 11.4 Å². The molecule has 2 N–H and O–H groups in total. The van der Waals surface area contributed by atoms with Crippen LogP contribution in [0.15, 0.2) is 42.5 Å². The topological polar surface area (TPSA) is 53.1 Å². The second-order valence-corrected chi connectivity index (χ2v) is 4.74. The number of aromatic nitrogens is 1. The summed E-state index contributed by atoms with van der Waals surface area (Å²) in [4.78, 5) is 14.7. The summed E-state index contributed by atoms with van der Waals surface area (Å²) < 4.78 is 13.0. The van der Waals surface area contributed by atoms with Gasteiger partial charge in [0.1, 0.15) is 5.82 Å². The number of nitrogens with one attached hydrogen (secondary N) is 1. The number of hydrogen-bond donors (Lipinski definition) is 2. The average molecular weight is 269 g/mol. The third-order valence-corrected chi connectivity index (χ3v) is 3.30. The predicted molar refractivity (Wildman–Crippen MR) is 75.4 cm³/mol. The smallest absolute Gasteiger partial charge is 0.338 e. The Hall–Kier alpha value is -2.62. The van der Waals surface area contributed by atoms with Crippen molar-refractivity contribution in [3.8, 4) is 11.3 Å². The van der Waals surface area contributed by atoms with Crippen molar-refractivity contribution in [3.05, 3.63) is 59.4 Å². The minimum atomic E-state index is -0.999. The summed E-state index contributed by atoms with van der Waals surface area (Å²) in [6.07, 6.45) is 0. The Morgan fingerprint density at radius 2 is 1.85 bits per heavy atom. The number of carboxylic acids is 1. The van der Waals surface area contributed by atoms with Crippen molar-refractivity contribution in [3.63, 3.8) is 0 Å². The molecule has 0 aliphatic rings. The number of hydrogen-bond acceptors (Lipinski definition) is 1. The van der Waals surface area contributed by atoms with Crippen LogP contribution in [0.25, 0.3) is 22.2 Å². The monoisotopic (exact) mass is 269 g/mol. The maximum Gasteiger partial charge on any atom is 0.338 e. The molecule has 2 aromatic carbocycles. The predicted octanol–water partition coefficient (Wildman–Crippen LogP) is 3.98. The summed E-state index contributed by atoms with van der Waals surface area (Å²) in [5, 5.41) is 10.1. The van der Waals surface area contributed by atoms with Gasteiger partial charge in [-0.15, -0.1) is 0 Å². The largest absolute Gasteiger partial charge is 0.478 e. The second-order valence-electron chi connectivity index (χ2n) is 4.74. The molecule has 0 radical (unpaired) electrons. The first-order chi connectivity index (χ1) is 9.56. The van der Waals surface area contributed by atoms with E-state index < -0.39 is 5.97 Å². The van der Waals surface area contributed by atoms with Crippen LogP contribution >= 0.6 is 0 Å². The molecule has 0 saturated heterocycles. The van der Waals surface area contributed by atoms with Gasteiger partial charge in [-0.05, 0) is 48.9 Å². The fourth-order valence-corrected chi connectivity index (χ4v) is 2.36. The summed E-state index contributed by atoms with van der Waals surface area (Å²) >= 11 is 0. The lowest BCUT2D eigenvalue weighted by Crippen LogP contribution is -1.97. The molecule has 0 fully saturated rings. The molecule has 20 heavy (non-hydrogen) atoms. The van der Waals surface area contributed by atoms with Gasteiger partial charge in [-0.25, -0.2) is 9.18 Å². The molecule has 1 heterocycles. The van der Waals surface area contributed by atoms with Crippen LogP contribution in [0.4, 0.5) is 4.39 Å². The molecule has 0 aliphatic heterocycles. The summed E-state index contributed by atoms with van der Waals surface area (Å²) in [5.74, 6) is -1.35. The summed E-state index contributed by atoms with van der Waals surface area (Å²) in [5.41, 5.74) is 3.11. The molecule has 0 atom stereocenters. The van der Waals surface area contributed by atoms with E-state index in [0.29, 0.717) is 16.6 Å². The first kappa shape index (κ1) is 12.4. The Kier molecular flexibility index (Phi) is 2.79. The molecule has 100 valence electrons. The summed E-state index contributed by atoms with van der Waals surface area (Å²) in [6.45, 7) is 1.91. The second kappa shape index (κ2) is 4.49. The Bertz CT molecular complexity index is 803. The van der Waals surface area contributed by atoms with Crippen LogP contribution in [0.1, 0.15) is 15.9 Å². The van der Waals surface area contributed by atoms with Gasteiger partial charge in [0, 0.05) is 10.9 Å². The molecule has 0 aliphatic carbocycles. The van der Waals surface area contributed by atoms with Gasteiger partial charge in [0.15, 0.2) is 0 Å². The van der Waals surface area contributed by atoms with E-state index in [1.807, 2.05) is 25.1 Å². The number of aromatic carboxylic acids is 1. The molecular formula is C16H12FNO2. The van der Waals surface area contributed by atoms with Gasteiger partial charge in [-0.3, -0.25) is 0 Å². The van der Waals surface area contributed by atoms with Crippen molar-refractivity contribution >= 4 is 16.9 Å². The third kappa shape index (κ3) is 1.95. The van der Waals surface area contributed by atoms with Crippen LogP contribution in [0.3, 0.4) is 0 Å². The van der Waals surface area contributed by atoms with Crippen molar-refractivity contribution in [1.29, 1.82) is 0 Å². The van der Waals surface area contributed by atoms with Gasteiger partial charge < -0.3 is 10.1 Å². The summed E-state index contributed by atoms with van der Waals surface area (Å²) in [6, 6.07) is 11.4. The number of halogens is 1. The van der Waals surface area contributed by atoms with Crippen LogP contribution in [0, 0.1) is 12.7 Å². The van der Waals surface area contributed by atoms with E-state index in [0.717, 1.165) is 11.1 Å². The number of H-pyrrole nitrogens is 1. The van der Waals surface area contributed by atoms with Crippen LogP contribution in [0.2, 0.25) is 0 Å². The van der Waals surface area contributed by atoms with Crippen molar-refractivity contribution in [2.75, 3.05) is 0 Å². The minimum absolute atomic E-state index is 0.218. The maximum atomic E-state index is 13.0. The molecule has 0 amide bonds. The number of rotatable bonds is 2. The highest BCUT2D eigenvalue weighted by molar-refractivity contribution is 6.09. The highest BCUT2D eigenvalue weighted by atomic mass is 19.1. The number of benzene rings is 2. The lowest BCUT2D eigenvalue weighted by Gasteiger charge is -2.01. The Labute approximate surface area is 114 Å². The molecule has 0 bridgehead atoms. The number of aryl methyl sites for hydroxylation is 1. The minimum Gasteiger partial charge on any atom is -0.478 e. The highest BCUT2D eigenvalue weighted by Crippen LogP contribution is 2.31. The third-order valence-electron chi connectivity index (χ3n) is 3.30. The lowest BCUT2D eigenvalue weighted by molar-refractivity contribution is 0.0700. The lowest BCUT2D eigenvalue weighted by atomic mass is 10.0. The van der Waals surface area contributed by atoms with Crippen LogP contribution in [-0.4, -0.2) is 16.1 Å². The molecule has 3 aromatic rings. The van der Waals surface area contributed by atoms with E-state index in [9.17, 15) is 14.3 Å². The Balaban J connectivity index is 2.32. The average Bonchev–Trinajstić information content (AvgIpc) is 2.78. The van der Waals surface area contributed by atoms with Crippen molar-refractivity contribution in [2.45, 2.75) is 6.92 Å². The molecule has 4 heteroatoms. The molecule has 3 rings (SSSR count). The molecule has 0 spiro atoms. The molecule has 1 aromatic heterocycles. The van der Waals surface area contributed by atoms with Gasteiger partial charge in [0.05, 0.1) is 11.3 Å². The van der Waals surface area contributed by atoms with Gasteiger partial charge in [-0.2, -0.15) is 0 Å². The zero-order chi connectivity index (χ0) is 14.3. The van der Waals surface area contributed by atoms with E-state index >= 15 is 0 Å². The quantitative estimate of drug-likeness (QED) is 0.739. The Morgan fingerprint density at radius 3 is 2.50 bits per heavy atom. The van der Waals surface area contributed by atoms with Gasteiger partial charge in [0.2, 0.25) is 0 Å². The van der Waals surface area contributed by atoms with Gasteiger partial charge >= 0.3 is 5.97 Å². The fraction of sp³-hybridized carbons (Fsp3) is 0.0625. The molecule has 3 nitrogen and oxygen atoms in total. The van der Waals surface area contributed by atoms with E-state index in [1.165, 1.54) is 12.1 Å². The highest BCUT2D eigenvalue weighted by Gasteiger charge is 2.18. The fourth-order valence-electron chi connectivity index (χ4n) is 2.36. The van der Waals surface area contributed by atoms with Gasteiger partial charge in [-0.1, -0.05) is 11.6 Å². The number of aromatic amines is 1. The van der Waals surface area contributed by atoms with Crippen molar-refractivity contribution in [1.82, 2.24) is 4.98 Å². The molecular weight excluding hydrogens is 257 g/mol. The Morgan fingerprint density at radius 1 is 1.15 bits per heavy atom. The van der Waals surface area contributed by atoms with Crippen LogP contribution in [0.5, 0.6) is 0 Å². The van der Waals surface area contributed by atoms with Crippen LogP contribution in [-0.2, 0) is 0 Å². The van der Waals surface area contributed by atoms with Crippen LogP contribution < -0.4 is 0 Å². The standard InChI is InChI=1S/C16H12FNO2/c1-9-2-7-13-12(8-9)14(16(19)20)15(18-13)10-3-5-11(17)6-4-10/h2-8,18H,1H3,(H,19,20). The normalized spacial score (nSPS) is 10.9. The van der Waals surface area contributed by atoms with E-state index in [4.69, 9.17) is 0 Å². The van der Waals surface area contributed by atoms with Crippen molar-refractivity contribution < 1.29 is 14.3 Å². The zero-order valence-corrected chi connectivity index (χ0v) is 10.8. The molecule has 0 saturated carbocycles. The summed E-state index contributed by atoms with van der Waals surface area (Å²) in [7, 11) is 0. The maximum absolute atomic E-state index is 13.0. The number of fused-ring (bicyclic) bond motifs is 1. The molecule has 0 unspecified atom stereocenters. The van der Waals surface area contributed by atoms with E-state index in [2.05, 4.69) is 4.98 Å². The first-order valence-electron chi connectivity index (χ1n) is 6.18. The van der Waals surface area contributed by atoms with E-state index in [1.54, 1.807) is 12.1 Å². The first-order valence-corrected chi connectivity index (χ1v) is 6.18. The number of carbonyl (C=O) groups is 1. The number of carboxylic acid groups (broad SMARTS) is 1. The SMILES string of the molecule is Cc1ccc2[nH]c(-c3ccc(F)cc3)c(C(=O)O)c2c1.